The Bertz CT molecular complexity index is 111. The van der Waals surface area contributed by atoms with Crippen molar-refractivity contribution in [3.8, 4) is 0 Å². The van der Waals surface area contributed by atoms with Gasteiger partial charge in [-0.2, -0.15) is 0 Å². The van der Waals surface area contributed by atoms with Crippen molar-refractivity contribution in [3.63, 3.8) is 0 Å². The Balaban J connectivity index is 2.22. The molecule has 0 aromatic rings. The van der Waals surface area contributed by atoms with Crippen LogP contribution in [0, 0.1) is 26.9 Å². The van der Waals surface area contributed by atoms with Gasteiger partial charge in [0.15, 0.2) is 0 Å². The highest BCUT2D eigenvalue weighted by molar-refractivity contribution is 4.79. The highest BCUT2D eigenvalue weighted by atomic mass is 15.2. The van der Waals surface area contributed by atoms with E-state index in [1.807, 2.05) is 0 Å². The fourth-order valence-corrected chi connectivity index (χ4v) is 1.69. The summed E-state index contributed by atoms with van der Waals surface area (Å²) >= 11 is 0. The minimum atomic E-state index is 0.902. The third-order valence-electron chi connectivity index (χ3n) is 2.34. The highest BCUT2D eigenvalue weighted by Crippen LogP contribution is 2.07. The largest absolute Gasteiger partial charge is 0.298 e. The normalized spacial score (nSPS) is 21.7. The van der Waals surface area contributed by atoms with Crippen LogP contribution in [-0.2, 0) is 0 Å². The molecule has 2 heteroatoms. The van der Waals surface area contributed by atoms with E-state index in [4.69, 9.17) is 0 Å². The van der Waals surface area contributed by atoms with Gasteiger partial charge in [0.1, 0.15) is 0 Å². The average molecular weight is 180 g/mol. The first-order valence-electron chi connectivity index (χ1n) is 5.10. The lowest BCUT2D eigenvalue weighted by Gasteiger charge is -2.19. The molecule has 1 aliphatic rings. The SMILES string of the molecule is [CH2]C[CH]N1CCCN([CH]C[CH2])CC1. The highest BCUT2D eigenvalue weighted by Gasteiger charge is 2.12. The molecule has 0 N–H and O–H groups in total. The van der Waals surface area contributed by atoms with Crippen molar-refractivity contribution >= 4 is 0 Å². The van der Waals surface area contributed by atoms with Crippen LogP contribution in [0.1, 0.15) is 19.3 Å². The van der Waals surface area contributed by atoms with Crippen molar-refractivity contribution in [1.29, 1.82) is 0 Å². The first-order valence-corrected chi connectivity index (χ1v) is 5.10. The molecule has 0 spiro atoms. The summed E-state index contributed by atoms with van der Waals surface area (Å²) in [5.74, 6) is 0. The van der Waals surface area contributed by atoms with Crippen LogP contribution in [0.4, 0.5) is 0 Å². The van der Waals surface area contributed by atoms with Crippen LogP contribution < -0.4 is 0 Å². The van der Waals surface area contributed by atoms with Crippen molar-refractivity contribution in [1.82, 2.24) is 9.80 Å². The Hall–Kier alpha value is -0.0800. The van der Waals surface area contributed by atoms with E-state index in [1.54, 1.807) is 0 Å². The van der Waals surface area contributed by atoms with E-state index in [2.05, 4.69) is 36.7 Å². The lowest BCUT2D eigenvalue weighted by atomic mass is 10.3. The van der Waals surface area contributed by atoms with E-state index in [0.29, 0.717) is 0 Å². The lowest BCUT2D eigenvalue weighted by Crippen LogP contribution is -2.27. The summed E-state index contributed by atoms with van der Waals surface area (Å²) in [4.78, 5) is 4.76. The summed E-state index contributed by atoms with van der Waals surface area (Å²) < 4.78 is 0. The third kappa shape index (κ3) is 4.10. The van der Waals surface area contributed by atoms with Crippen molar-refractivity contribution in [2.75, 3.05) is 26.2 Å². The van der Waals surface area contributed by atoms with E-state index in [0.717, 1.165) is 25.9 Å². The van der Waals surface area contributed by atoms with Crippen LogP contribution in [0.15, 0.2) is 0 Å². The van der Waals surface area contributed by atoms with Gasteiger partial charge in [0.2, 0.25) is 0 Å². The van der Waals surface area contributed by atoms with E-state index in [9.17, 15) is 0 Å². The maximum absolute atomic E-state index is 3.84. The summed E-state index contributed by atoms with van der Waals surface area (Å²) in [5.41, 5.74) is 0. The second kappa shape index (κ2) is 6.39. The summed E-state index contributed by atoms with van der Waals surface area (Å²) in [6.45, 7) is 16.7. The molecule has 0 unspecified atom stereocenters. The van der Waals surface area contributed by atoms with Crippen LogP contribution in [0.2, 0.25) is 0 Å². The Kier molecular flexibility index (Phi) is 5.40. The van der Waals surface area contributed by atoms with Gasteiger partial charge in [-0.1, -0.05) is 13.8 Å². The van der Waals surface area contributed by atoms with Crippen LogP contribution in [0.5, 0.6) is 0 Å². The smallest absolute Gasteiger partial charge is 0.0252 e. The standard InChI is InChI=1S/C11H20N2/c1-3-6-12-8-5-9-13(7-4-2)11-10-12/h6-7H,1-5,8-11H2. The molecule has 1 heterocycles. The number of rotatable bonds is 4. The zero-order valence-electron chi connectivity index (χ0n) is 8.41. The Morgan fingerprint density at radius 3 is 1.69 bits per heavy atom. The van der Waals surface area contributed by atoms with Gasteiger partial charge in [-0.05, 0) is 32.4 Å². The zero-order valence-corrected chi connectivity index (χ0v) is 8.41. The molecular formula is C11H20N2. The van der Waals surface area contributed by atoms with Gasteiger partial charge in [0.05, 0.1) is 0 Å². The summed E-state index contributed by atoms with van der Waals surface area (Å²) in [7, 11) is 0. The van der Waals surface area contributed by atoms with Crippen molar-refractivity contribution < 1.29 is 0 Å². The average Bonchev–Trinajstić information content (AvgIpc) is 2.33. The van der Waals surface area contributed by atoms with Gasteiger partial charge >= 0.3 is 0 Å². The molecule has 2 nitrogen and oxygen atoms in total. The number of hydrogen-bond acceptors (Lipinski definition) is 2. The van der Waals surface area contributed by atoms with Gasteiger partial charge in [-0.15, -0.1) is 0 Å². The Labute approximate surface area is 82.9 Å². The molecule has 1 saturated heterocycles. The Morgan fingerprint density at radius 1 is 0.846 bits per heavy atom. The number of nitrogens with zero attached hydrogens (tertiary/aromatic N) is 2. The minimum Gasteiger partial charge on any atom is -0.298 e. The quantitative estimate of drug-likeness (QED) is 0.650. The third-order valence-corrected chi connectivity index (χ3v) is 2.34. The molecule has 0 atom stereocenters. The van der Waals surface area contributed by atoms with E-state index >= 15 is 0 Å². The van der Waals surface area contributed by atoms with Crippen LogP contribution in [0.3, 0.4) is 0 Å². The van der Waals surface area contributed by atoms with Crippen molar-refractivity contribution in [2.45, 2.75) is 19.3 Å². The maximum atomic E-state index is 3.84. The summed E-state index contributed by atoms with van der Waals surface area (Å²) in [5, 5.41) is 0. The van der Waals surface area contributed by atoms with Crippen molar-refractivity contribution in [3.05, 3.63) is 26.9 Å². The van der Waals surface area contributed by atoms with Crippen molar-refractivity contribution in [2.24, 2.45) is 0 Å². The molecule has 0 bridgehead atoms. The summed E-state index contributed by atoms with van der Waals surface area (Å²) in [6, 6.07) is 0. The molecular weight excluding hydrogens is 160 g/mol. The predicted octanol–water partition coefficient (Wildman–Crippen LogP) is 1.77. The summed E-state index contributed by atoms with van der Waals surface area (Å²) in [6.07, 6.45) is 3.05. The van der Waals surface area contributed by atoms with E-state index in [-0.39, 0.29) is 0 Å². The minimum absolute atomic E-state index is 0.902. The zero-order chi connectivity index (χ0) is 9.52. The maximum Gasteiger partial charge on any atom is 0.0252 e. The van der Waals surface area contributed by atoms with Crippen LogP contribution in [0.25, 0.3) is 0 Å². The molecule has 4 radical (unpaired) electrons. The fourth-order valence-electron chi connectivity index (χ4n) is 1.69. The molecule has 0 aromatic carbocycles. The van der Waals surface area contributed by atoms with Crippen LogP contribution >= 0.6 is 0 Å². The fraction of sp³-hybridized carbons (Fsp3) is 0.636. The topological polar surface area (TPSA) is 6.48 Å². The second-order valence-corrected chi connectivity index (χ2v) is 3.37. The molecule has 0 aliphatic carbocycles. The molecule has 0 aromatic heterocycles. The first-order chi connectivity index (χ1) is 6.36. The van der Waals surface area contributed by atoms with Gasteiger partial charge < -0.3 is 0 Å². The molecule has 0 saturated carbocycles. The van der Waals surface area contributed by atoms with Gasteiger partial charge in [0, 0.05) is 26.2 Å². The monoisotopic (exact) mass is 180 g/mol. The molecule has 0 amide bonds. The molecule has 1 rings (SSSR count). The van der Waals surface area contributed by atoms with Crippen LogP contribution in [-0.4, -0.2) is 36.0 Å². The number of hydrogen-bond donors (Lipinski definition) is 0. The van der Waals surface area contributed by atoms with E-state index in [1.165, 1.54) is 19.5 Å². The second-order valence-electron chi connectivity index (χ2n) is 3.37. The molecule has 13 heavy (non-hydrogen) atoms. The van der Waals surface area contributed by atoms with Gasteiger partial charge in [0.25, 0.3) is 0 Å². The molecule has 1 aliphatic heterocycles. The Morgan fingerprint density at radius 2 is 1.31 bits per heavy atom. The van der Waals surface area contributed by atoms with E-state index < -0.39 is 0 Å². The van der Waals surface area contributed by atoms with Gasteiger partial charge in [-0.25, -0.2) is 0 Å². The predicted molar refractivity (Wildman–Crippen MR) is 56.3 cm³/mol. The lowest BCUT2D eigenvalue weighted by molar-refractivity contribution is 0.316. The molecule has 74 valence electrons. The first kappa shape index (κ1) is 11.0. The van der Waals surface area contributed by atoms with Gasteiger partial charge in [-0.3, -0.25) is 9.80 Å². The molecule has 1 fully saturated rings.